The predicted octanol–water partition coefficient (Wildman–Crippen LogP) is 2.84. The highest BCUT2D eigenvalue weighted by Crippen LogP contribution is 2.32. The molecule has 1 aliphatic rings. The highest BCUT2D eigenvalue weighted by molar-refractivity contribution is 7.89. The van der Waals surface area contributed by atoms with Crippen LogP contribution in [0, 0.1) is 5.82 Å². The zero-order valence-corrected chi connectivity index (χ0v) is 14.2. The minimum atomic E-state index is -3.77. The molecule has 3 N–H and O–H groups in total. The first-order chi connectivity index (χ1) is 11.8. The van der Waals surface area contributed by atoms with Crippen LogP contribution in [0.1, 0.15) is 24.4 Å². The lowest BCUT2D eigenvalue weighted by Crippen LogP contribution is -2.34. The van der Waals surface area contributed by atoms with Crippen LogP contribution < -0.4 is 10.5 Å². The molecule has 0 aliphatic carbocycles. The zero-order chi connectivity index (χ0) is 18.0. The van der Waals surface area contributed by atoms with Gasteiger partial charge in [-0.3, -0.25) is 0 Å². The minimum absolute atomic E-state index is 0.0177. The Morgan fingerprint density at radius 1 is 1.12 bits per heavy atom. The summed E-state index contributed by atoms with van der Waals surface area (Å²) in [7, 11) is -3.77. The van der Waals surface area contributed by atoms with Gasteiger partial charge in [0.25, 0.3) is 0 Å². The number of sulfonamides is 1. The maximum atomic E-state index is 13.1. The van der Waals surface area contributed by atoms with Crippen molar-refractivity contribution in [2.45, 2.75) is 23.8 Å². The molecule has 0 spiro atoms. The molecule has 1 aliphatic heterocycles. The summed E-state index contributed by atoms with van der Waals surface area (Å²) in [5, 5.41) is 7.80. The van der Waals surface area contributed by atoms with Crippen LogP contribution in [0.5, 0.6) is 0 Å². The molecule has 1 saturated heterocycles. The molecule has 2 amide bonds. The predicted molar refractivity (Wildman–Crippen MR) is 91.9 cm³/mol. The quantitative estimate of drug-likeness (QED) is 0.878. The Labute approximate surface area is 145 Å². The average molecular weight is 363 g/mol. The molecular formula is C17H18FN3O3S. The molecule has 8 heteroatoms. The lowest BCUT2D eigenvalue weighted by Gasteiger charge is -2.25. The molecule has 0 saturated carbocycles. The van der Waals surface area contributed by atoms with Crippen LogP contribution in [0.15, 0.2) is 53.4 Å². The van der Waals surface area contributed by atoms with Gasteiger partial charge in [0, 0.05) is 12.2 Å². The van der Waals surface area contributed by atoms with E-state index in [1.54, 1.807) is 17.0 Å². The van der Waals surface area contributed by atoms with E-state index >= 15 is 0 Å². The highest BCUT2D eigenvalue weighted by Gasteiger charge is 2.30. The van der Waals surface area contributed by atoms with Gasteiger partial charge in [0.05, 0.1) is 10.9 Å². The van der Waals surface area contributed by atoms with Crippen molar-refractivity contribution < 1.29 is 17.6 Å². The number of benzene rings is 2. The Morgan fingerprint density at radius 2 is 1.76 bits per heavy atom. The number of nitrogens with two attached hydrogens (primary N) is 1. The van der Waals surface area contributed by atoms with Gasteiger partial charge in [-0.05, 0) is 54.8 Å². The van der Waals surface area contributed by atoms with Crippen LogP contribution in [0.3, 0.4) is 0 Å². The maximum absolute atomic E-state index is 13.1. The molecule has 6 nitrogen and oxygen atoms in total. The van der Waals surface area contributed by atoms with Gasteiger partial charge >= 0.3 is 6.03 Å². The van der Waals surface area contributed by atoms with E-state index in [4.69, 9.17) is 5.14 Å². The number of urea groups is 1. The van der Waals surface area contributed by atoms with Crippen molar-refractivity contribution in [2.75, 3.05) is 11.9 Å². The van der Waals surface area contributed by atoms with Gasteiger partial charge < -0.3 is 10.2 Å². The number of nitrogens with zero attached hydrogens (tertiary/aromatic N) is 1. The van der Waals surface area contributed by atoms with Crippen molar-refractivity contribution in [3.05, 3.63) is 59.9 Å². The van der Waals surface area contributed by atoms with Crippen LogP contribution in [0.4, 0.5) is 14.9 Å². The molecule has 2 aromatic rings. The highest BCUT2D eigenvalue weighted by atomic mass is 32.2. The van der Waals surface area contributed by atoms with E-state index in [1.165, 1.54) is 36.4 Å². The molecule has 25 heavy (non-hydrogen) atoms. The SMILES string of the molecule is NS(=O)(=O)c1ccc(NC(=O)N2CCCC2c2ccc(F)cc2)cc1. The van der Waals surface area contributed by atoms with E-state index in [2.05, 4.69) is 5.32 Å². The Hall–Kier alpha value is -2.45. The number of halogens is 1. The van der Waals surface area contributed by atoms with Crippen molar-refractivity contribution in [3.8, 4) is 0 Å². The summed E-state index contributed by atoms with van der Waals surface area (Å²) in [6.45, 7) is 0.600. The van der Waals surface area contributed by atoms with Gasteiger partial charge in [-0.2, -0.15) is 0 Å². The first-order valence-corrected chi connectivity index (χ1v) is 9.35. The third-order valence-electron chi connectivity index (χ3n) is 4.20. The molecule has 1 heterocycles. The van der Waals surface area contributed by atoms with Crippen molar-refractivity contribution in [2.24, 2.45) is 5.14 Å². The lowest BCUT2D eigenvalue weighted by atomic mass is 10.0. The molecular weight excluding hydrogens is 345 g/mol. The Bertz CT molecular complexity index is 867. The average Bonchev–Trinajstić information content (AvgIpc) is 3.05. The monoisotopic (exact) mass is 363 g/mol. The Kier molecular flexibility index (Phi) is 4.73. The van der Waals surface area contributed by atoms with Crippen molar-refractivity contribution in [3.63, 3.8) is 0 Å². The second-order valence-electron chi connectivity index (χ2n) is 5.90. The standard InChI is InChI=1S/C17H18FN3O3S/c18-13-5-3-12(4-6-13)16-2-1-11-21(16)17(22)20-14-7-9-15(10-8-14)25(19,23)24/h3-10,16H,1-2,11H2,(H,20,22)(H2,19,23,24). The number of primary sulfonamides is 1. The molecule has 0 bridgehead atoms. The lowest BCUT2D eigenvalue weighted by molar-refractivity contribution is 0.207. The van der Waals surface area contributed by atoms with Crippen LogP contribution in [-0.4, -0.2) is 25.9 Å². The number of hydrogen-bond acceptors (Lipinski definition) is 3. The van der Waals surface area contributed by atoms with Crippen LogP contribution >= 0.6 is 0 Å². The second kappa shape index (κ2) is 6.81. The molecule has 0 radical (unpaired) electrons. The van der Waals surface area contributed by atoms with E-state index in [-0.39, 0.29) is 22.8 Å². The summed E-state index contributed by atoms with van der Waals surface area (Å²) in [6, 6.07) is 11.4. The van der Waals surface area contributed by atoms with E-state index in [0.29, 0.717) is 12.2 Å². The number of hydrogen-bond donors (Lipinski definition) is 2. The van der Waals surface area contributed by atoms with Crippen LogP contribution in [-0.2, 0) is 10.0 Å². The largest absolute Gasteiger partial charge is 0.322 e. The number of likely N-dealkylation sites (tertiary alicyclic amines) is 1. The Morgan fingerprint density at radius 3 is 2.36 bits per heavy atom. The number of nitrogens with one attached hydrogen (secondary N) is 1. The molecule has 3 rings (SSSR count). The third-order valence-corrected chi connectivity index (χ3v) is 5.13. The third kappa shape index (κ3) is 3.97. The summed E-state index contributed by atoms with van der Waals surface area (Å²) >= 11 is 0. The Balaban J connectivity index is 1.72. The van der Waals surface area contributed by atoms with E-state index in [1.807, 2.05) is 0 Å². The van der Waals surface area contributed by atoms with E-state index in [9.17, 15) is 17.6 Å². The van der Waals surface area contributed by atoms with Crippen LogP contribution in [0.2, 0.25) is 0 Å². The van der Waals surface area contributed by atoms with Gasteiger partial charge in [-0.25, -0.2) is 22.7 Å². The first-order valence-electron chi connectivity index (χ1n) is 7.80. The van der Waals surface area contributed by atoms with E-state index < -0.39 is 10.0 Å². The topological polar surface area (TPSA) is 92.5 Å². The fraction of sp³-hybridized carbons (Fsp3) is 0.235. The number of anilines is 1. The summed E-state index contributed by atoms with van der Waals surface area (Å²) in [5.74, 6) is -0.312. The first kappa shape index (κ1) is 17.4. The van der Waals surface area contributed by atoms with Crippen molar-refractivity contribution >= 4 is 21.7 Å². The molecule has 1 unspecified atom stereocenters. The van der Waals surface area contributed by atoms with Gasteiger partial charge in [-0.1, -0.05) is 12.1 Å². The summed E-state index contributed by atoms with van der Waals surface area (Å²) in [6.07, 6.45) is 1.67. The van der Waals surface area contributed by atoms with Gasteiger partial charge in [0.1, 0.15) is 5.82 Å². The number of carbonyl (C=O) groups excluding carboxylic acids is 1. The van der Waals surface area contributed by atoms with Crippen molar-refractivity contribution in [1.29, 1.82) is 0 Å². The van der Waals surface area contributed by atoms with Gasteiger partial charge in [-0.15, -0.1) is 0 Å². The maximum Gasteiger partial charge on any atom is 0.322 e. The van der Waals surface area contributed by atoms with Crippen LogP contribution in [0.25, 0.3) is 0 Å². The number of carbonyl (C=O) groups is 1. The molecule has 132 valence electrons. The molecule has 1 fully saturated rings. The van der Waals surface area contributed by atoms with Gasteiger partial charge in [0.15, 0.2) is 0 Å². The molecule has 2 aromatic carbocycles. The summed E-state index contributed by atoms with van der Waals surface area (Å²) < 4.78 is 35.6. The zero-order valence-electron chi connectivity index (χ0n) is 13.4. The van der Waals surface area contributed by atoms with Gasteiger partial charge in [0.2, 0.25) is 10.0 Å². The normalized spacial score (nSPS) is 17.5. The summed E-state index contributed by atoms with van der Waals surface area (Å²) in [4.78, 5) is 14.2. The number of amides is 2. The summed E-state index contributed by atoms with van der Waals surface area (Å²) in [5.41, 5.74) is 1.36. The second-order valence-corrected chi connectivity index (χ2v) is 7.46. The smallest absolute Gasteiger partial charge is 0.317 e. The molecule has 0 aromatic heterocycles. The fourth-order valence-electron chi connectivity index (χ4n) is 2.96. The minimum Gasteiger partial charge on any atom is -0.317 e. The van der Waals surface area contributed by atoms with Crippen molar-refractivity contribution in [1.82, 2.24) is 4.90 Å². The molecule has 1 atom stereocenters. The number of rotatable bonds is 3. The van der Waals surface area contributed by atoms with E-state index in [0.717, 1.165) is 18.4 Å². The fourth-order valence-corrected chi connectivity index (χ4v) is 3.48.